The standard InChI is InChI=1S/C23H25N5O4S/c1-30-14-8-11(9-15(31-2)19(14)32-3)16-13(10-24)21(26)28-23-17(16)18(25)20(33-23)22(29)27-12-6-4-5-7-12/h8-9,12H,4-7,25H2,1-3H3,(H2,26,28)(H,27,29). The normalized spacial score (nSPS) is 13.6. The fraction of sp³-hybridized carbons (Fsp3) is 0.348. The van der Waals surface area contributed by atoms with E-state index in [-0.39, 0.29) is 29.0 Å². The molecule has 2 aromatic heterocycles. The predicted octanol–water partition coefficient (Wildman–Crippen LogP) is 3.70. The summed E-state index contributed by atoms with van der Waals surface area (Å²) in [7, 11) is 4.52. The van der Waals surface area contributed by atoms with E-state index in [1.807, 2.05) is 0 Å². The van der Waals surface area contributed by atoms with Gasteiger partial charge in [-0.25, -0.2) is 4.98 Å². The van der Waals surface area contributed by atoms with E-state index in [1.54, 1.807) is 12.1 Å². The van der Waals surface area contributed by atoms with Crippen molar-refractivity contribution in [2.75, 3.05) is 32.8 Å². The molecule has 5 N–H and O–H groups in total. The Morgan fingerprint density at radius 3 is 2.33 bits per heavy atom. The summed E-state index contributed by atoms with van der Waals surface area (Å²) >= 11 is 1.16. The van der Waals surface area contributed by atoms with E-state index in [0.29, 0.717) is 43.5 Å². The van der Waals surface area contributed by atoms with Gasteiger partial charge in [0.05, 0.1) is 27.0 Å². The highest BCUT2D eigenvalue weighted by Crippen LogP contribution is 2.47. The first kappa shape index (κ1) is 22.5. The molecule has 0 unspecified atom stereocenters. The Bertz CT molecular complexity index is 1250. The number of nitrogen functional groups attached to an aromatic ring is 2. The van der Waals surface area contributed by atoms with E-state index in [0.717, 1.165) is 37.0 Å². The summed E-state index contributed by atoms with van der Waals surface area (Å²) < 4.78 is 16.4. The fourth-order valence-electron chi connectivity index (χ4n) is 4.29. The molecule has 4 rings (SSSR count). The van der Waals surface area contributed by atoms with Crippen molar-refractivity contribution in [1.82, 2.24) is 10.3 Å². The number of nitrogens with zero attached hydrogens (tertiary/aromatic N) is 2. The van der Waals surface area contributed by atoms with Crippen LogP contribution >= 0.6 is 11.3 Å². The third-order valence-corrected chi connectivity index (χ3v) is 6.96. The van der Waals surface area contributed by atoms with Gasteiger partial charge in [-0.05, 0) is 30.5 Å². The van der Waals surface area contributed by atoms with Gasteiger partial charge < -0.3 is 31.0 Å². The topological polar surface area (TPSA) is 146 Å². The number of nitriles is 1. The first-order valence-electron chi connectivity index (χ1n) is 10.5. The molecule has 1 aliphatic rings. The van der Waals surface area contributed by atoms with Crippen LogP contribution in [0, 0.1) is 11.3 Å². The lowest BCUT2D eigenvalue weighted by molar-refractivity contribution is 0.0943. The second kappa shape index (κ2) is 9.03. The minimum atomic E-state index is -0.240. The number of thiophene rings is 1. The van der Waals surface area contributed by atoms with Gasteiger partial charge in [-0.3, -0.25) is 4.79 Å². The second-order valence-corrected chi connectivity index (χ2v) is 8.75. The predicted molar refractivity (Wildman–Crippen MR) is 128 cm³/mol. The number of carbonyl (C=O) groups excluding carboxylic acids is 1. The zero-order valence-corrected chi connectivity index (χ0v) is 19.5. The third kappa shape index (κ3) is 3.85. The Kier molecular flexibility index (Phi) is 6.16. The van der Waals surface area contributed by atoms with Crippen molar-refractivity contribution in [3.8, 4) is 34.4 Å². The van der Waals surface area contributed by atoms with Crippen molar-refractivity contribution < 1.29 is 19.0 Å². The molecule has 3 aromatic rings. The molecular formula is C23H25N5O4S. The third-order valence-electron chi connectivity index (χ3n) is 5.87. The van der Waals surface area contributed by atoms with Gasteiger partial charge in [-0.2, -0.15) is 5.26 Å². The van der Waals surface area contributed by atoms with Crippen LogP contribution in [0.25, 0.3) is 21.3 Å². The number of fused-ring (bicyclic) bond motifs is 1. The van der Waals surface area contributed by atoms with E-state index >= 15 is 0 Å². The number of nitrogens with one attached hydrogen (secondary N) is 1. The highest BCUT2D eigenvalue weighted by molar-refractivity contribution is 7.21. The van der Waals surface area contributed by atoms with Crippen LogP contribution in [0.2, 0.25) is 0 Å². The first-order chi connectivity index (χ1) is 15.9. The number of ether oxygens (including phenoxy) is 3. The zero-order chi connectivity index (χ0) is 23.7. The maximum Gasteiger partial charge on any atom is 0.263 e. The minimum absolute atomic E-state index is 0.0535. The van der Waals surface area contributed by atoms with Crippen molar-refractivity contribution in [3.63, 3.8) is 0 Å². The molecule has 2 heterocycles. The van der Waals surface area contributed by atoms with Gasteiger partial charge in [0.2, 0.25) is 5.75 Å². The lowest BCUT2D eigenvalue weighted by atomic mass is 9.96. The zero-order valence-electron chi connectivity index (χ0n) is 18.7. The quantitative estimate of drug-likeness (QED) is 0.497. The molecule has 0 saturated heterocycles. The Morgan fingerprint density at radius 2 is 1.79 bits per heavy atom. The summed E-state index contributed by atoms with van der Waals surface area (Å²) in [5.41, 5.74) is 14.1. The van der Waals surface area contributed by atoms with E-state index < -0.39 is 0 Å². The molecule has 0 atom stereocenters. The van der Waals surface area contributed by atoms with Crippen LogP contribution in [0.15, 0.2) is 12.1 Å². The summed E-state index contributed by atoms with van der Waals surface area (Å²) in [6.07, 6.45) is 4.11. The molecule has 1 aliphatic carbocycles. The van der Waals surface area contributed by atoms with Crippen LogP contribution in [-0.4, -0.2) is 38.3 Å². The van der Waals surface area contributed by atoms with Crippen molar-refractivity contribution in [3.05, 3.63) is 22.6 Å². The van der Waals surface area contributed by atoms with Gasteiger partial charge in [0.15, 0.2) is 11.5 Å². The largest absolute Gasteiger partial charge is 0.493 e. The first-order valence-corrected chi connectivity index (χ1v) is 11.3. The Morgan fingerprint density at radius 1 is 1.15 bits per heavy atom. The lowest BCUT2D eigenvalue weighted by Gasteiger charge is -2.16. The maximum absolute atomic E-state index is 13.0. The van der Waals surface area contributed by atoms with E-state index in [1.165, 1.54) is 21.3 Å². The molecular weight excluding hydrogens is 442 g/mol. The number of carbonyl (C=O) groups is 1. The maximum atomic E-state index is 13.0. The molecule has 1 aromatic carbocycles. The van der Waals surface area contributed by atoms with Gasteiger partial charge in [-0.15, -0.1) is 11.3 Å². The molecule has 33 heavy (non-hydrogen) atoms. The Hall–Kier alpha value is -3.71. The van der Waals surface area contributed by atoms with Crippen LogP contribution in [-0.2, 0) is 0 Å². The number of amides is 1. The summed E-state index contributed by atoms with van der Waals surface area (Å²) in [4.78, 5) is 18.2. The summed E-state index contributed by atoms with van der Waals surface area (Å²) in [6, 6.07) is 5.70. The number of hydrogen-bond donors (Lipinski definition) is 3. The SMILES string of the molecule is COc1cc(-c2c(C#N)c(N)nc3sc(C(=O)NC4CCCC4)c(N)c23)cc(OC)c1OC. The number of aromatic nitrogens is 1. The Balaban J connectivity index is 1.95. The van der Waals surface area contributed by atoms with Gasteiger partial charge in [-0.1, -0.05) is 12.8 Å². The Labute approximate surface area is 195 Å². The number of benzene rings is 1. The molecule has 0 spiro atoms. The van der Waals surface area contributed by atoms with E-state index in [9.17, 15) is 10.1 Å². The van der Waals surface area contributed by atoms with Crippen LogP contribution < -0.4 is 31.0 Å². The minimum Gasteiger partial charge on any atom is -0.493 e. The molecule has 172 valence electrons. The lowest BCUT2D eigenvalue weighted by Crippen LogP contribution is -2.32. The molecule has 0 bridgehead atoms. The molecule has 1 amide bonds. The van der Waals surface area contributed by atoms with Crippen molar-refractivity contribution in [2.24, 2.45) is 0 Å². The van der Waals surface area contributed by atoms with Crippen LogP contribution in [0.3, 0.4) is 0 Å². The molecule has 10 heteroatoms. The van der Waals surface area contributed by atoms with Gasteiger partial charge >= 0.3 is 0 Å². The van der Waals surface area contributed by atoms with Gasteiger partial charge in [0, 0.05) is 17.0 Å². The number of methoxy groups -OCH3 is 3. The second-order valence-electron chi connectivity index (χ2n) is 7.75. The average Bonchev–Trinajstić information content (AvgIpc) is 3.44. The van der Waals surface area contributed by atoms with Crippen molar-refractivity contribution in [1.29, 1.82) is 5.26 Å². The van der Waals surface area contributed by atoms with E-state index in [4.69, 9.17) is 25.7 Å². The summed E-state index contributed by atoms with van der Waals surface area (Å²) in [6.45, 7) is 0. The van der Waals surface area contributed by atoms with Gasteiger partial charge in [0.1, 0.15) is 27.2 Å². The van der Waals surface area contributed by atoms with Crippen molar-refractivity contribution in [2.45, 2.75) is 31.7 Å². The smallest absolute Gasteiger partial charge is 0.263 e. The number of nitrogens with two attached hydrogens (primary N) is 2. The van der Waals surface area contributed by atoms with Gasteiger partial charge in [0.25, 0.3) is 5.91 Å². The molecule has 0 aliphatic heterocycles. The summed E-state index contributed by atoms with van der Waals surface area (Å²) in [5, 5.41) is 13.5. The van der Waals surface area contributed by atoms with Crippen LogP contribution in [0.1, 0.15) is 40.9 Å². The number of pyridine rings is 1. The van der Waals surface area contributed by atoms with Crippen LogP contribution in [0.5, 0.6) is 17.2 Å². The van der Waals surface area contributed by atoms with E-state index in [2.05, 4.69) is 16.4 Å². The fourth-order valence-corrected chi connectivity index (χ4v) is 5.30. The molecule has 1 fully saturated rings. The average molecular weight is 468 g/mol. The number of rotatable bonds is 6. The highest BCUT2D eigenvalue weighted by atomic mass is 32.1. The van der Waals surface area contributed by atoms with Crippen molar-refractivity contribution >= 4 is 39.0 Å². The van der Waals surface area contributed by atoms with Crippen LogP contribution in [0.4, 0.5) is 11.5 Å². The number of hydrogen-bond acceptors (Lipinski definition) is 9. The monoisotopic (exact) mass is 467 g/mol. The number of anilines is 2. The highest BCUT2D eigenvalue weighted by Gasteiger charge is 2.27. The molecule has 1 saturated carbocycles. The summed E-state index contributed by atoms with van der Waals surface area (Å²) in [5.74, 6) is 1.04. The molecule has 9 nitrogen and oxygen atoms in total. The molecule has 0 radical (unpaired) electrons.